The van der Waals surface area contributed by atoms with Crippen molar-refractivity contribution < 1.29 is 13.9 Å². The van der Waals surface area contributed by atoms with Gasteiger partial charge in [-0.05, 0) is 49.2 Å². The quantitative estimate of drug-likeness (QED) is 0.614. The van der Waals surface area contributed by atoms with Crippen molar-refractivity contribution in [3.8, 4) is 5.75 Å². The monoisotopic (exact) mass is 431 g/mol. The third-order valence-corrected chi connectivity index (χ3v) is 7.04. The van der Waals surface area contributed by atoms with Crippen molar-refractivity contribution >= 4 is 17.6 Å². The lowest BCUT2D eigenvalue weighted by atomic mass is 10.1. The van der Waals surface area contributed by atoms with E-state index >= 15 is 0 Å². The molecule has 7 heteroatoms. The molecule has 0 bridgehead atoms. The van der Waals surface area contributed by atoms with Crippen LogP contribution in [0, 0.1) is 5.82 Å². The number of halogens is 1. The Labute approximate surface area is 182 Å². The highest BCUT2D eigenvalue weighted by Crippen LogP contribution is 2.42. The Hall–Kier alpha value is -1.80. The number of ether oxygens (including phenoxy) is 2. The summed E-state index contributed by atoms with van der Waals surface area (Å²) >= 11 is 1.80. The summed E-state index contributed by atoms with van der Waals surface area (Å²) in [6.45, 7) is 6.62. The van der Waals surface area contributed by atoms with Gasteiger partial charge in [-0.3, -0.25) is 4.90 Å². The second kappa shape index (κ2) is 10.0. The molecule has 1 fully saturated rings. The smallest absolute Gasteiger partial charge is 0.146 e. The molecule has 2 aliphatic rings. The van der Waals surface area contributed by atoms with Crippen molar-refractivity contribution in [3.05, 3.63) is 53.8 Å². The van der Waals surface area contributed by atoms with E-state index in [-0.39, 0.29) is 11.9 Å². The first kappa shape index (κ1) is 21.4. The Kier molecular flexibility index (Phi) is 7.15. The van der Waals surface area contributed by atoms with E-state index in [2.05, 4.69) is 20.2 Å². The molecule has 1 unspecified atom stereocenters. The van der Waals surface area contributed by atoms with Crippen LogP contribution in [0.15, 0.2) is 47.4 Å². The van der Waals surface area contributed by atoms with Crippen LogP contribution in [0.3, 0.4) is 0 Å². The van der Waals surface area contributed by atoms with E-state index in [1.54, 1.807) is 38.3 Å². The predicted octanol–water partition coefficient (Wildman–Crippen LogP) is 4.06. The maximum atomic E-state index is 14.0. The molecule has 0 amide bonds. The molecule has 0 aromatic heterocycles. The zero-order valence-electron chi connectivity index (χ0n) is 17.7. The molecule has 1 atom stereocenters. The van der Waals surface area contributed by atoms with Gasteiger partial charge >= 0.3 is 0 Å². The van der Waals surface area contributed by atoms with Crippen LogP contribution in [0.4, 0.5) is 10.1 Å². The molecule has 0 N–H and O–H groups in total. The normalized spacial score (nSPS) is 20.2. The Bertz CT molecular complexity index is 845. The van der Waals surface area contributed by atoms with Crippen LogP contribution in [-0.4, -0.2) is 69.2 Å². The third kappa shape index (κ3) is 4.75. The number of fused-ring (bicyclic) bond motifs is 1. The molecule has 2 aliphatic heterocycles. The largest absolute Gasteiger partial charge is 0.496 e. The van der Waals surface area contributed by atoms with Crippen LogP contribution in [-0.2, 0) is 4.74 Å². The lowest BCUT2D eigenvalue weighted by Crippen LogP contribution is -2.47. The Balaban J connectivity index is 1.26. The van der Waals surface area contributed by atoms with Gasteiger partial charge in [0.05, 0.1) is 12.8 Å². The summed E-state index contributed by atoms with van der Waals surface area (Å²) in [4.78, 5) is 5.85. The van der Waals surface area contributed by atoms with Crippen molar-refractivity contribution in [2.75, 3.05) is 64.9 Å². The zero-order chi connectivity index (χ0) is 20.9. The van der Waals surface area contributed by atoms with E-state index in [0.717, 1.165) is 69.2 Å². The molecular weight excluding hydrogens is 401 g/mol. The first-order valence-corrected chi connectivity index (χ1v) is 11.3. The highest BCUT2D eigenvalue weighted by molar-refractivity contribution is 7.97. The summed E-state index contributed by atoms with van der Waals surface area (Å²) in [5, 5.41) is 0. The van der Waals surface area contributed by atoms with Crippen LogP contribution in [0.5, 0.6) is 5.75 Å². The first-order valence-electron chi connectivity index (χ1n) is 10.5. The molecule has 30 heavy (non-hydrogen) atoms. The molecule has 0 saturated carbocycles. The number of nitrogens with zero attached hydrogens (tertiary/aromatic N) is 3. The van der Waals surface area contributed by atoms with Gasteiger partial charge in [-0.2, -0.15) is 0 Å². The van der Waals surface area contributed by atoms with Crippen molar-refractivity contribution in [3.63, 3.8) is 0 Å². The topological polar surface area (TPSA) is 28.2 Å². The van der Waals surface area contributed by atoms with E-state index in [4.69, 9.17) is 9.47 Å². The lowest BCUT2D eigenvalue weighted by Gasteiger charge is -2.37. The van der Waals surface area contributed by atoms with E-state index in [1.807, 2.05) is 24.3 Å². The second-order valence-electron chi connectivity index (χ2n) is 7.71. The minimum atomic E-state index is -0.127. The van der Waals surface area contributed by atoms with Crippen molar-refractivity contribution in [2.24, 2.45) is 0 Å². The van der Waals surface area contributed by atoms with Gasteiger partial charge in [0, 0.05) is 56.8 Å². The van der Waals surface area contributed by atoms with Crippen LogP contribution in [0.25, 0.3) is 0 Å². The van der Waals surface area contributed by atoms with Crippen molar-refractivity contribution in [1.82, 2.24) is 9.21 Å². The fourth-order valence-corrected chi connectivity index (χ4v) is 5.45. The Morgan fingerprint density at radius 2 is 1.80 bits per heavy atom. The number of hydrogen-bond donors (Lipinski definition) is 0. The summed E-state index contributed by atoms with van der Waals surface area (Å²) in [5.41, 5.74) is 1.88. The molecule has 0 aliphatic carbocycles. The molecular formula is C23H30FN3O2S. The first-order chi connectivity index (χ1) is 14.7. The maximum Gasteiger partial charge on any atom is 0.146 e. The van der Waals surface area contributed by atoms with E-state index in [1.165, 1.54) is 4.90 Å². The summed E-state index contributed by atoms with van der Waals surface area (Å²) in [6.07, 6.45) is 1.13. The Morgan fingerprint density at radius 1 is 1.00 bits per heavy atom. The fourth-order valence-electron chi connectivity index (χ4n) is 4.27. The fraction of sp³-hybridized carbons (Fsp3) is 0.478. The minimum absolute atomic E-state index is 0.0294. The number of benzene rings is 2. The van der Waals surface area contributed by atoms with Crippen LogP contribution in [0.2, 0.25) is 0 Å². The van der Waals surface area contributed by atoms with Gasteiger partial charge < -0.3 is 14.4 Å². The number of methoxy groups -OCH3 is 2. The number of piperazine rings is 1. The predicted molar refractivity (Wildman–Crippen MR) is 120 cm³/mol. The van der Waals surface area contributed by atoms with E-state index in [9.17, 15) is 4.39 Å². The van der Waals surface area contributed by atoms with Gasteiger partial charge in [0.15, 0.2) is 0 Å². The van der Waals surface area contributed by atoms with Gasteiger partial charge in [0.1, 0.15) is 17.7 Å². The number of anilines is 1. The summed E-state index contributed by atoms with van der Waals surface area (Å²) in [5.74, 6) is 0.775. The number of hydrogen-bond acceptors (Lipinski definition) is 6. The average molecular weight is 432 g/mol. The van der Waals surface area contributed by atoms with Crippen LogP contribution in [0.1, 0.15) is 18.1 Å². The van der Waals surface area contributed by atoms with Gasteiger partial charge in [-0.1, -0.05) is 18.2 Å². The highest BCUT2D eigenvalue weighted by Gasteiger charge is 2.29. The molecule has 5 nitrogen and oxygen atoms in total. The molecule has 2 aromatic rings. The SMILES string of the molecule is COc1cccc2c1C(OC)CN(CCCN1CCN(c3ccccc3F)CC1)S2. The summed E-state index contributed by atoms with van der Waals surface area (Å²) in [6, 6.07) is 13.2. The summed E-state index contributed by atoms with van der Waals surface area (Å²) < 4.78 is 27.7. The van der Waals surface area contributed by atoms with Crippen molar-refractivity contribution in [2.45, 2.75) is 17.4 Å². The highest BCUT2D eigenvalue weighted by atomic mass is 32.2. The molecule has 4 rings (SSSR count). The number of rotatable bonds is 7. The van der Waals surface area contributed by atoms with Gasteiger partial charge in [0.25, 0.3) is 0 Å². The van der Waals surface area contributed by atoms with Gasteiger partial charge in [-0.15, -0.1) is 0 Å². The summed E-state index contributed by atoms with van der Waals surface area (Å²) in [7, 11) is 3.48. The molecule has 1 saturated heterocycles. The van der Waals surface area contributed by atoms with Gasteiger partial charge in [0.2, 0.25) is 0 Å². The molecule has 0 spiro atoms. The lowest BCUT2D eigenvalue weighted by molar-refractivity contribution is 0.0784. The molecule has 2 aromatic carbocycles. The second-order valence-corrected chi connectivity index (χ2v) is 8.85. The average Bonchev–Trinajstić information content (AvgIpc) is 2.79. The van der Waals surface area contributed by atoms with Crippen LogP contribution < -0.4 is 9.64 Å². The van der Waals surface area contributed by atoms with Crippen molar-refractivity contribution in [1.29, 1.82) is 0 Å². The van der Waals surface area contributed by atoms with E-state index in [0.29, 0.717) is 0 Å². The maximum absolute atomic E-state index is 14.0. The van der Waals surface area contributed by atoms with Crippen LogP contribution >= 0.6 is 11.9 Å². The Morgan fingerprint density at radius 3 is 2.53 bits per heavy atom. The minimum Gasteiger partial charge on any atom is -0.496 e. The molecule has 2 heterocycles. The molecule has 162 valence electrons. The zero-order valence-corrected chi connectivity index (χ0v) is 18.5. The standard InChI is InChI=1S/C23H30FN3O2S/c1-28-20-9-5-10-22-23(20)21(29-2)17-27(30-22)12-6-11-25-13-15-26(16-14-25)19-8-4-3-7-18(19)24/h3-5,7-10,21H,6,11-17H2,1-2H3. The van der Waals surface area contributed by atoms with Gasteiger partial charge in [-0.25, -0.2) is 8.70 Å². The molecule has 0 radical (unpaired) electrons. The van der Waals surface area contributed by atoms with E-state index < -0.39 is 0 Å². The number of para-hydroxylation sites is 1. The third-order valence-electron chi connectivity index (χ3n) is 5.90.